The second kappa shape index (κ2) is 9.96. The third kappa shape index (κ3) is 6.07. The number of methoxy groups -OCH3 is 1. The second-order valence-electron chi connectivity index (χ2n) is 9.17. The van der Waals surface area contributed by atoms with Crippen LogP contribution in [0.15, 0.2) is 53.6 Å². The number of hydrogen-bond donors (Lipinski definition) is 2. The van der Waals surface area contributed by atoms with E-state index in [1.54, 1.807) is 12.0 Å². The summed E-state index contributed by atoms with van der Waals surface area (Å²) in [5, 5.41) is 4.23. The number of piperazine rings is 1. The van der Waals surface area contributed by atoms with E-state index in [9.17, 15) is 4.79 Å². The minimum atomic E-state index is -0.173. The Labute approximate surface area is 185 Å². The van der Waals surface area contributed by atoms with Crippen LogP contribution in [0.2, 0.25) is 0 Å². The fraction of sp³-hybridized carbons (Fsp3) is 0.440. The zero-order valence-electron chi connectivity index (χ0n) is 19.4. The Morgan fingerprint density at radius 1 is 1.10 bits per heavy atom. The molecule has 0 aliphatic carbocycles. The van der Waals surface area contributed by atoms with Crippen molar-refractivity contribution in [2.24, 2.45) is 10.5 Å². The summed E-state index contributed by atoms with van der Waals surface area (Å²) in [5.74, 6) is 0.759. The molecule has 2 aromatic carbocycles. The standard InChI is InChI=1S/C25H34N4O2/c1-19(25(2,3)4)26-27-24(30)21-12-10-20(11-13-21)18-28-14-16-29(17-15-28)22-8-6-7-9-23(22)31-5/h6-13H,14-18H2,1-5H3,(H,27,30)/p+1/b26-19-. The Morgan fingerprint density at radius 2 is 1.74 bits per heavy atom. The molecule has 1 fully saturated rings. The summed E-state index contributed by atoms with van der Waals surface area (Å²) in [6, 6.07) is 16.1. The minimum absolute atomic E-state index is 0.0599. The number of anilines is 1. The molecule has 2 N–H and O–H groups in total. The Hall–Kier alpha value is -2.86. The number of nitrogens with one attached hydrogen (secondary N) is 2. The van der Waals surface area contributed by atoms with Crippen molar-refractivity contribution < 1.29 is 14.4 Å². The molecule has 1 aliphatic heterocycles. The first kappa shape index (κ1) is 22.8. The van der Waals surface area contributed by atoms with E-state index in [0.29, 0.717) is 5.56 Å². The SMILES string of the molecule is COc1ccccc1N1CC[NH+](Cc2ccc(C(=O)N/N=C(/C)C(C)(C)C)cc2)CC1. The number of nitrogens with zero attached hydrogens (tertiary/aromatic N) is 2. The number of amides is 1. The molecule has 6 heteroatoms. The number of carbonyl (C=O) groups excluding carboxylic acids is 1. The normalized spacial score (nSPS) is 15.6. The van der Waals surface area contributed by atoms with Crippen LogP contribution >= 0.6 is 0 Å². The maximum atomic E-state index is 12.4. The van der Waals surface area contributed by atoms with Gasteiger partial charge in [-0.1, -0.05) is 45.0 Å². The summed E-state index contributed by atoms with van der Waals surface area (Å²) < 4.78 is 5.51. The van der Waals surface area contributed by atoms with Crippen molar-refractivity contribution in [2.75, 3.05) is 38.2 Å². The number of para-hydroxylation sites is 2. The molecule has 0 radical (unpaired) electrons. The molecule has 6 nitrogen and oxygen atoms in total. The first-order chi connectivity index (χ1) is 14.8. The van der Waals surface area contributed by atoms with E-state index in [1.807, 2.05) is 31.2 Å². The van der Waals surface area contributed by atoms with Crippen LogP contribution in [0.4, 0.5) is 5.69 Å². The Bertz CT molecular complexity index is 908. The van der Waals surface area contributed by atoms with Crippen molar-refractivity contribution in [1.29, 1.82) is 0 Å². The summed E-state index contributed by atoms with van der Waals surface area (Å²) in [6.07, 6.45) is 0. The molecule has 3 rings (SSSR count). The number of benzene rings is 2. The number of hydrogen-bond acceptors (Lipinski definition) is 4. The Kier molecular flexibility index (Phi) is 7.33. The molecular weight excluding hydrogens is 388 g/mol. The van der Waals surface area contributed by atoms with E-state index in [1.165, 1.54) is 11.3 Å². The number of hydrazone groups is 1. The van der Waals surface area contributed by atoms with Crippen LogP contribution in [-0.4, -0.2) is 44.9 Å². The highest BCUT2D eigenvalue weighted by Gasteiger charge is 2.22. The van der Waals surface area contributed by atoms with E-state index in [-0.39, 0.29) is 11.3 Å². The third-order valence-corrected chi connectivity index (χ3v) is 5.98. The fourth-order valence-corrected chi connectivity index (χ4v) is 3.56. The summed E-state index contributed by atoms with van der Waals surface area (Å²) in [7, 11) is 1.72. The summed E-state index contributed by atoms with van der Waals surface area (Å²) in [6.45, 7) is 13.3. The molecular formula is C25H35N4O2+. The highest BCUT2D eigenvalue weighted by atomic mass is 16.5. The third-order valence-electron chi connectivity index (χ3n) is 5.98. The zero-order valence-corrected chi connectivity index (χ0v) is 19.4. The minimum Gasteiger partial charge on any atom is -0.495 e. The van der Waals surface area contributed by atoms with Crippen molar-refractivity contribution in [3.8, 4) is 5.75 Å². The van der Waals surface area contributed by atoms with Crippen molar-refractivity contribution in [2.45, 2.75) is 34.2 Å². The van der Waals surface area contributed by atoms with Gasteiger partial charge in [0.15, 0.2) is 0 Å². The lowest BCUT2D eigenvalue weighted by Crippen LogP contribution is -3.13. The van der Waals surface area contributed by atoms with Crippen LogP contribution in [0.25, 0.3) is 0 Å². The summed E-state index contributed by atoms with van der Waals surface area (Å²) in [4.78, 5) is 16.3. The first-order valence-electron chi connectivity index (χ1n) is 10.9. The quantitative estimate of drug-likeness (QED) is 0.555. The second-order valence-corrected chi connectivity index (χ2v) is 9.17. The molecule has 2 aromatic rings. The summed E-state index contributed by atoms with van der Waals surface area (Å²) in [5.41, 5.74) is 6.54. The molecule has 0 saturated carbocycles. The van der Waals surface area contributed by atoms with Gasteiger partial charge in [0.1, 0.15) is 12.3 Å². The van der Waals surface area contributed by atoms with E-state index in [2.05, 4.69) is 60.5 Å². The van der Waals surface area contributed by atoms with Crippen LogP contribution in [0.3, 0.4) is 0 Å². The smallest absolute Gasteiger partial charge is 0.271 e. The lowest BCUT2D eigenvalue weighted by molar-refractivity contribution is -0.914. The van der Waals surface area contributed by atoms with Crippen LogP contribution in [-0.2, 0) is 6.54 Å². The van der Waals surface area contributed by atoms with Gasteiger partial charge in [-0.2, -0.15) is 5.10 Å². The van der Waals surface area contributed by atoms with Crippen molar-refractivity contribution in [3.63, 3.8) is 0 Å². The van der Waals surface area contributed by atoms with Crippen LogP contribution < -0.4 is 20.0 Å². The van der Waals surface area contributed by atoms with Gasteiger partial charge in [0, 0.05) is 22.3 Å². The average Bonchev–Trinajstić information content (AvgIpc) is 2.77. The first-order valence-corrected chi connectivity index (χ1v) is 10.9. The highest BCUT2D eigenvalue weighted by molar-refractivity contribution is 5.95. The maximum absolute atomic E-state index is 12.4. The predicted octanol–water partition coefficient (Wildman–Crippen LogP) is 2.75. The molecule has 1 saturated heterocycles. The van der Waals surface area contributed by atoms with Crippen LogP contribution in [0, 0.1) is 5.41 Å². The van der Waals surface area contributed by atoms with Gasteiger partial charge in [-0.3, -0.25) is 4.79 Å². The molecule has 0 atom stereocenters. The van der Waals surface area contributed by atoms with E-state index in [0.717, 1.165) is 44.2 Å². The lowest BCUT2D eigenvalue weighted by Gasteiger charge is -2.34. The largest absolute Gasteiger partial charge is 0.495 e. The van der Waals surface area contributed by atoms with Crippen LogP contribution in [0.1, 0.15) is 43.6 Å². The van der Waals surface area contributed by atoms with Gasteiger partial charge < -0.3 is 14.5 Å². The molecule has 1 heterocycles. The number of quaternary nitrogens is 1. The molecule has 0 spiro atoms. The van der Waals surface area contributed by atoms with Crippen molar-refractivity contribution in [3.05, 3.63) is 59.7 Å². The van der Waals surface area contributed by atoms with E-state index in [4.69, 9.17) is 4.74 Å². The predicted molar refractivity (Wildman–Crippen MR) is 126 cm³/mol. The van der Waals surface area contributed by atoms with Gasteiger partial charge in [0.2, 0.25) is 0 Å². The van der Waals surface area contributed by atoms with Gasteiger partial charge in [0.05, 0.1) is 39.0 Å². The van der Waals surface area contributed by atoms with Crippen molar-refractivity contribution >= 4 is 17.3 Å². The summed E-state index contributed by atoms with van der Waals surface area (Å²) >= 11 is 0. The zero-order chi connectivity index (χ0) is 22.4. The van der Waals surface area contributed by atoms with Crippen LogP contribution in [0.5, 0.6) is 5.75 Å². The van der Waals surface area contributed by atoms with Gasteiger partial charge in [-0.25, -0.2) is 5.43 Å². The molecule has 1 amide bonds. The molecule has 31 heavy (non-hydrogen) atoms. The number of ether oxygens (including phenoxy) is 1. The lowest BCUT2D eigenvalue weighted by atomic mass is 9.91. The van der Waals surface area contributed by atoms with E-state index < -0.39 is 0 Å². The van der Waals surface area contributed by atoms with Crippen molar-refractivity contribution in [1.82, 2.24) is 5.43 Å². The molecule has 0 aromatic heterocycles. The van der Waals surface area contributed by atoms with Gasteiger partial charge in [-0.05, 0) is 31.2 Å². The van der Waals surface area contributed by atoms with Gasteiger partial charge in [0.25, 0.3) is 5.91 Å². The fourth-order valence-electron chi connectivity index (χ4n) is 3.56. The molecule has 166 valence electrons. The monoisotopic (exact) mass is 423 g/mol. The molecule has 1 aliphatic rings. The Morgan fingerprint density at radius 3 is 2.35 bits per heavy atom. The Balaban J connectivity index is 1.52. The van der Waals surface area contributed by atoms with Gasteiger partial charge >= 0.3 is 0 Å². The topological polar surface area (TPSA) is 58.4 Å². The molecule has 0 bridgehead atoms. The highest BCUT2D eigenvalue weighted by Crippen LogP contribution is 2.27. The molecule has 0 unspecified atom stereocenters. The number of rotatable bonds is 6. The maximum Gasteiger partial charge on any atom is 0.271 e. The van der Waals surface area contributed by atoms with Gasteiger partial charge in [-0.15, -0.1) is 0 Å². The number of carbonyl (C=O) groups is 1. The van der Waals surface area contributed by atoms with E-state index >= 15 is 0 Å². The average molecular weight is 424 g/mol.